The van der Waals surface area contributed by atoms with Crippen molar-refractivity contribution in [2.45, 2.75) is 31.0 Å². The monoisotopic (exact) mass is 259 g/mol. The number of rotatable bonds is 2. The van der Waals surface area contributed by atoms with Gasteiger partial charge in [0, 0.05) is 6.20 Å². The first-order chi connectivity index (χ1) is 8.37. The summed E-state index contributed by atoms with van der Waals surface area (Å²) in [6, 6.07) is 1.32. The van der Waals surface area contributed by atoms with Crippen LogP contribution in [-0.2, 0) is 4.74 Å². The Morgan fingerprint density at radius 2 is 2.39 bits per heavy atom. The van der Waals surface area contributed by atoms with Crippen LogP contribution in [0.5, 0.6) is 0 Å². The van der Waals surface area contributed by atoms with Crippen LogP contribution in [0.3, 0.4) is 0 Å². The number of nitrogens with two attached hydrogens (primary N) is 1. The quantitative estimate of drug-likeness (QED) is 0.615. The molecular weight excluding hydrogens is 245 g/mol. The zero-order valence-electron chi connectivity index (χ0n) is 9.65. The number of nitrogen functional groups attached to an aromatic ring is 1. The average Bonchev–Trinajstić information content (AvgIpc) is 2.52. The Labute approximate surface area is 102 Å². The Hall–Kier alpha value is -1.51. The first-order valence-electron chi connectivity index (χ1n) is 5.36. The Morgan fingerprint density at radius 1 is 1.72 bits per heavy atom. The highest BCUT2D eigenvalue weighted by atomic mass is 19.1. The van der Waals surface area contributed by atoms with Crippen molar-refractivity contribution in [3.05, 3.63) is 22.7 Å². The van der Waals surface area contributed by atoms with Crippen LogP contribution in [0.2, 0.25) is 0 Å². The third-order valence-corrected chi connectivity index (χ3v) is 3.00. The summed E-state index contributed by atoms with van der Waals surface area (Å²) in [4.78, 5) is 15.1. The predicted octanol–water partition coefficient (Wildman–Crippen LogP) is -1.20. The van der Waals surface area contributed by atoms with Crippen LogP contribution in [0.25, 0.3) is 0 Å². The van der Waals surface area contributed by atoms with E-state index in [4.69, 9.17) is 15.6 Å². The second-order valence-electron chi connectivity index (χ2n) is 4.35. The van der Waals surface area contributed by atoms with Gasteiger partial charge in [-0.1, -0.05) is 0 Å². The lowest BCUT2D eigenvalue weighted by molar-refractivity contribution is -0.0610. The van der Waals surface area contributed by atoms with E-state index in [1.165, 1.54) is 12.3 Å². The molecule has 1 aromatic heterocycles. The van der Waals surface area contributed by atoms with E-state index in [1.807, 2.05) is 0 Å². The van der Waals surface area contributed by atoms with Crippen molar-refractivity contribution in [1.82, 2.24) is 9.55 Å². The van der Waals surface area contributed by atoms with Gasteiger partial charge in [-0.25, -0.2) is 9.18 Å². The molecule has 4 atom stereocenters. The van der Waals surface area contributed by atoms with E-state index in [0.29, 0.717) is 0 Å². The highest BCUT2D eigenvalue weighted by Gasteiger charge is 2.55. The van der Waals surface area contributed by atoms with Gasteiger partial charge in [-0.05, 0) is 13.0 Å². The fourth-order valence-corrected chi connectivity index (χ4v) is 1.97. The maximum Gasteiger partial charge on any atom is 0.351 e. The number of nitrogens with zero attached hydrogens (tertiary/aromatic N) is 2. The number of hydrogen-bond acceptors (Lipinski definition) is 6. The smallest absolute Gasteiger partial charge is 0.351 e. The van der Waals surface area contributed by atoms with Crippen LogP contribution < -0.4 is 11.4 Å². The number of ether oxygens (including phenoxy) is 1. The molecule has 1 fully saturated rings. The van der Waals surface area contributed by atoms with Gasteiger partial charge in [-0.15, -0.1) is 0 Å². The summed E-state index contributed by atoms with van der Waals surface area (Å²) in [7, 11) is 0. The largest absolute Gasteiger partial charge is 0.394 e. The van der Waals surface area contributed by atoms with Gasteiger partial charge in [0.1, 0.15) is 18.0 Å². The van der Waals surface area contributed by atoms with Gasteiger partial charge in [0.25, 0.3) is 0 Å². The molecule has 0 amide bonds. The minimum absolute atomic E-state index is 0.00839. The van der Waals surface area contributed by atoms with Crippen LogP contribution in [0.1, 0.15) is 13.2 Å². The van der Waals surface area contributed by atoms with Gasteiger partial charge in [0.15, 0.2) is 11.9 Å². The Bertz CT molecular complexity index is 504. The lowest BCUT2D eigenvalue weighted by Gasteiger charge is -2.24. The summed E-state index contributed by atoms with van der Waals surface area (Å²) in [5.41, 5.74) is 2.33. The van der Waals surface area contributed by atoms with Gasteiger partial charge in [0.05, 0.1) is 6.61 Å². The van der Waals surface area contributed by atoms with Gasteiger partial charge in [0.2, 0.25) is 0 Å². The molecule has 1 aromatic rings. The SMILES string of the molecule is C[C@@]1(F)C(n2ccc(N)nc2=O)O[C@H](CO)[C@H]1O. The fraction of sp³-hybridized carbons (Fsp3) is 0.600. The second-order valence-corrected chi connectivity index (χ2v) is 4.35. The second kappa shape index (κ2) is 4.30. The van der Waals surface area contributed by atoms with Gasteiger partial charge in [-0.3, -0.25) is 4.57 Å². The summed E-state index contributed by atoms with van der Waals surface area (Å²) in [5.74, 6) is 0.00839. The summed E-state index contributed by atoms with van der Waals surface area (Å²) >= 11 is 0. The van der Waals surface area contributed by atoms with Crippen LogP contribution in [0.4, 0.5) is 10.2 Å². The van der Waals surface area contributed by atoms with Gasteiger partial charge in [-0.2, -0.15) is 4.98 Å². The fourth-order valence-electron chi connectivity index (χ4n) is 1.97. The molecule has 0 radical (unpaired) electrons. The molecule has 0 aromatic carbocycles. The van der Waals surface area contributed by atoms with Crippen LogP contribution in [-0.4, -0.2) is 44.2 Å². The van der Waals surface area contributed by atoms with Crippen LogP contribution >= 0.6 is 0 Å². The van der Waals surface area contributed by atoms with Crippen molar-refractivity contribution < 1.29 is 19.3 Å². The Kier molecular flexibility index (Phi) is 3.09. The number of aliphatic hydroxyl groups excluding tert-OH is 2. The molecule has 0 bridgehead atoms. The van der Waals surface area contributed by atoms with E-state index in [0.717, 1.165) is 11.5 Å². The maximum absolute atomic E-state index is 14.4. The van der Waals surface area contributed by atoms with E-state index < -0.39 is 36.4 Å². The molecule has 1 unspecified atom stereocenters. The topological polar surface area (TPSA) is 111 Å². The molecule has 100 valence electrons. The van der Waals surface area contributed by atoms with Crippen LogP contribution in [0, 0.1) is 0 Å². The lowest BCUT2D eigenvalue weighted by Crippen LogP contribution is -2.42. The third-order valence-electron chi connectivity index (χ3n) is 3.00. The summed E-state index contributed by atoms with van der Waals surface area (Å²) in [6.07, 6.45) is -2.74. The molecule has 2 rings (SSSR count). The predicted molar refractivity (Wildman–Crippen MR) is 59.4 cm³/mol. The average molecular weight is 259 g/mol. The van der Waals surface area contributed by atoms with Crippen molar-refractivity contribution in [1.29, 1.82) is 0 Å². The first-order valence-corrected chi connectivity index (χ1v) is 5.36. The number of aliphatic hydroxyl groups is 2. The van der Waals surface area contributed by atoms with E-state index in [-0.39, 0.29) is 5.82 Å². The Balaban J connectivity index is 2.42. The number of anilines is 1. The van der Waals surface area contributed by atoms with Crippen molar-refractivity contribution in [2.24, 2.45) is 0 Å². The molecule has 7 nitrogen and oxygen atoms in total. The standard InChI is InChI=1S/C10H14FN3O4/c1-10(11)7(16)5(4-15)18-8(10)14-3-2-6(12)13-9(14)17/h2-3,5,7-8,15-16H,4H2,1H3,(H2,12,13,17)/t5-,7-,8?,10+/m1/s1. The van der Waals surface area contributed by atoms with E-state index in [2.05, 4.69) is 4.98 Å². The molecule has 18 heavy (non-hydrogen) atoms. The zero-order valence-corrected chi connectivity index (χ0v) is 9.65. The molecule has 1 aliphatic heterocycles. The molecular formula is C10H14FN3O4. The van der Waals surface area contributed by atoms with Crippen molar-refractivity contribution in [3.63, 3.8) is 0 Å². The number of aromatic nitrogens is 2. The van der Waals surface area contributed by atoms with E-state index in [9.17, 15) is 14.3 Å². The maximum atomic E-state index is 14.4. The number of alkyl halides is 1. The normalized spacial score (nSPS) is 35.9. The minimum atomic E-state index is -2.21. The molecule has 1 saturated heterocycles. The molecule has 0 aliphatic carbocycles. The van der Waals surface area contributed by atoms with Gasteiger partial charge >= 0.3 is 5.69 Å². The highest BCUT2D eigenvalue weighted by Crippen LogP contribution is 2.40. The molecule has 4 N–H and O–H groups in total. The summed E-state index contributed by atoms with van der Waals surface area (Å²) in [5, 5.41) is 18.6. The number of halogens is 1. The summed E-state index contributed by atoms with van der Waals surface area (Å²) in [6.45, 7) is 0.551. The number of hydrogen-bond donors (Lipinski definition) is 3. The molecule has 0 spiro atoms. The minimum Gasteiger partial charge on any atom is -0.394 e. The zero-order chi connectivity index (χ0) is 13.5. The third kappa shape index (κ3) is 1.88. The molecule has 8 heteroatoms. The molecule has 0 saturated carbocycles. The van der Waals surface area contributed by atoms with Crippen molar-refractivity contribution in [3.8, 4) is 0 Å². The molecule has 1 aliphatic rings. The van der Waals surface area contributed by atoms with Crippen LogP contribution in [0.15, 0.2) is 17.1 Å². The highest BCUT2D eigenvalue weighted by molar-refractivity contribution is 5.23. The van der Waals surface area contributed by atoms with Gasteiger partial charge < -0.3 is 20.7 Å². The van der Waals surface area contributed by atoms with E-state index >= 15 is 0 Å². The lowest BCUT2D eigenvalue weighted by atomic mass is 9.98. The van der Waals surface area contributed by atoms with Crippen molar-refractivity contribution in [2.75, 3.05) is 12.3 Å². The molecule has 2 heterocycles. The summed E-state index contributed by atoms with van der Waals surface area (Å²) < 4.78 is 20.4. The first kappa shape index (κ1) is 12.9. The van der Waals surface area contributed by atoms with Crippen molar-refractivity contribution >= 4 is 5.82 Å². The Morgan fingerprint density at radius 3 is 2.89 bits per heavy atom. The van der Waals surface area contributed by atoms with E-state index in [1.54, 1.807) is 0 Å².